The third kappa shape index (κ3) is 4.14. The number of piperidine rings is 1. The summed E-state index contributed by atoms with van der Waals surface area (Å²) in [7, 11) is 0. The van der Waals surface area contributed by atoms with Gasteiger partial charge in [-0.15, -0.1) is 0 Å². The lowest BCUT2D eigenvalue weighted by molar-refractivity contribution is -0.120. The van der Waals surface area contributed by atoms with Crippen LogP contribution in [0.2, 0.25) is 0 Å². The van der Waals surface area contributed by atoms with E-state index in [9.17, 15) is 9.18 Å². The fraction of sp³-hybridized carbons (Fsp3) is 0.588. The molecular weight excluding hydrogens is 253 g/mol. The predicted molar refractivity (Wildman–Crippen MR) is 79.2 cm³/mol. The van der Waals surface area contributed by atoms with Gasteiger partial charge in [0.1, 0.15) is 5.82 Å². The van der Waals surface area contributed by atoms with Crippen LogP contribution in [0.15, 0.2) is 24.3 Å². The van der Waals surface area contributed by atoms with Crippen molar-refractivity contribution in [2.45, 2.75) is 51.5 Å². The van der Waals surface area contributed by atoms with Crippen molar-refractivity contribution in [3.63, 3.8) is 0 Å². The van der Waals surface area contributed by atoms with E-state index in [1.807, 2.05) is 0 Å². The van der Waals surface area contributed by atoms with E-state index < -0.39 is 0 Å². The molecule has 2 nitrogen and oxygen atoms in total. The van der Waals surface area contributed by atoms with E-state index in [-0.39, 0.29) is 18.0 Å². The predicted octanol–water partition coefficient (Wildman–Crippen LogP) is 3.59. The highest BCUT2D eigenvalue weighted by atomic mass is 19.1. The van der Waals surface area contributed by atoms with Crippen LogP contribution in [0.1, 0.15) is 44.6 Å². The van der Waals surface area contributed by atoms with Crippen molar-refractivity contribution in [3.05, 3.63) is 35.6 Å². The number of ketones is 1. The lowest BCUT2D eigenvalue weighted by atomic mass is 9.97. The Morgan fingerprint density at radius 3 is 2.90 bits per heavy atom. The van der Waals surface area contributed by atoms with Gasteiger partial charge < -0.3 is 0 Å². The van der Waals surface area contributed by atoms with Crippen LogP contribution >= 0.6 is 0 Å². The molecule has 0 saturated carbocycles. The molecule has 0 N–H and O–H groups in total. The minimum absolute atomic E-state index is 0.123. The quantitative estimate of drug-likeness (QED) is 0.792. The second-order valence-electron chi connectivity index (χ2n) is 5.72. The summed E-state index contributed by atoms with van der Waals surface area (Å²) in [6, 6.07) is 7.10. The summed E-state index contributed by atoms with van der Waals surface area (Å²) < 4.78 is 13.6. The van der Waals surface area contributed by atoms with E-state index in [2.05, 4.69) is 11.8 Å². The van der Waals surface area contributed by atoms with E-state index in [0.29, 0.717) is 18.2 Å². The topological polar surface area (TPSA) is 20.3 Å². The summed E-state index contributed by atoms with van der Waals surface area (Å²) in [5, 5.41) is 0. The standard InChI is InChI=1S/C17H24FNO/c1-2-7-15-9-5-6-11-19(15)13-16(20)12-14-8-3-4-10-17(14)18/h3-4,8,10,15H,2,5-7,9,11-13H2,1H3. The van der Waals surface area contributed by atoms with Gasteiger partial charge in [-0.2, -0.15) is 0 Å². The molecule has 110 valence electrons. The minimum Gasteiger partial charge on any atom is -0.298 e. The number of hydrogen-bond acceptors (Lipinski definition) is 2. The third-order valence-electron chi connectivity index (χ3n) is 4.10. The number of carbonyl (C=O) groups excluding carboxylic acids is 1. The van der Waals surface area contributed by atoms with Crippen molar-refractivity contribution >= 4 is 5.78 Å². The maximum Gasteiger partial charge on any atom is 0.151 e. The van der Waals surface area contributed by atoms with E-state index in [4.69, 9.17) is 0 Å². The summed E-state index contributed by atoms with van der Waals surface area (Å²) in [5.41, 5.74) is 0.515. The van der Waals surface area contributed by atoms with Gasteiger partial charge in [-0.05, 0) is 37.4 Å². The van der Waals surface area contributed by atoms with E-state index >= 15 is 0 Å². The molecule has 0 aliphatic carbocycles. The van der Waals surface area contributed by atoms with Gasteiger partial charge >= 0.3 is 0 Å². The Labute approximate surface area is 121 Å². The van der Waals surface area contributed by atoms with Crippen LogP contribution < -0.4 is 0 Å². The molecule has 1 fully saturated rings. The molecule has 0 radical (unpaired) electrons. The van der Waals surface area contributed by atoms with Gasteiger partial charge in [0, 0.05) is 12.5 Å². The zero-order valence-corrected chi connectivity index (χ0v) is 12.3. The SMILES string of the molecule is CCCC1CCCCN1CC(=O)Cc1ccccc1F. The van der Waals surface area contributed by atoms with Crippen LogP contribution in [0.3, 0.4) is 0 Å². The van der Waals surface area contributed by atoms with Crippen LogP contribution in [0.4, 0.5) is 4.39 Å². The first-order valence-electron chi connectivity index (χ1n) is 7.70. The molecule has 2 rings (SSSR count). The van der Waals surface area contributed by atoms with Crippen molar-refractivity contribution in [1.29, 1.82) is 0 Å². The van der Waals surface area contributed by atoms with E-state index in [1.54, 1.807) is 18.2 Å². The van der Waals surface area contributed by atoms with Gasteiger partial charge in [-0.3, -0.25) is 9.69 Å². The van der Waals surface area contributed by atoms with Gasteiger partial charge in [-0.1, -0.05) is 38.0 Å². The van der Waals surface area contributed by atoms with Gasteiger partial charge in [-0.25, -0.2) is 4.39 Å². The summed E-state index contributed by atoms with van der Waals surface area (Å²) in [4.78, 5) is 14.5. The number of likely N-dealkylation sites (tertiary alicyclic amines) is 1. The third-order valence-corrected chi connectivity index (χ3v) is 4.10. The normalized spacial score (nSPS) is 20.0. The molecule has 0 bridgehead atoms. The van der Waals surface area contributed by atoms with Crippen LogP contribution in [0, 0.1) is 5.82 Å². The highest BCUT2D eigenvalue weighted by Gasteiger charge is 2.23. The van der Waals surface area contributed by atoms with Gasteiger partial charge in [0.05, 0.1) is 6.54 Å². The van der Waals surface area contributed by atoms with E-state index in [1.165, 1.54) is 25.3 Å². The molecule has 1 aliphatic rings. The zero-order chi connectivity index (χ0) is 14.4. The molecule has 1 aromatic carbocycles. The molecule has 0 amide bonds. The Morgan fingerprint density at radius 2 is 2.15 bits per heavy atom. The highest BCUT2D eigenvalue weighted by molar-refractivity contribution is 5.82. The Hall–Kier alpha value is -1.22. The first-order chi connectivity index (χ1) is 9.70. The fourth-order valence-corrected chi connectivity index (χ4v) is 3.06. The van der Waals surface area contributed by atoms with Crippen molar-refractivity contribution in [2.75, 3.05) is 13.1 Å². The lowest BCUT2D eigenvalue weighted by Crippen LogP contribution is -2.42. The number of carbonyl (C=O) groups is 1. The molecule has 0 spiro atoms. The fourth-order valence-electron chi connectivity index (χ4n) is 3.06. The maximum absolute atomic E-state index is 13.6. The monoisotopic (exact) mass is 277 g/mol. The highest BCUT2D eigenvalue weighted by Crippen LogP contribution is 2.20. The number of nitrogens with zero attached hydrogens (tertiary/aromatic N) is 1. The van der Waals surface area contributed by atoms with E-state index in [0.717, 1.165) is 19.4 Å². The van der Waals surface area contributed by atoms with Crippen molar-refractivity contribution in [2.24, 2.45) is 0 Å². The number of benzene rings is 1. The first kappa shape index (κ1) is 15.2. The van der Waals surface area contributed by atoms with Crippen LogP contribution in [0.25, 0.3) is 0 Å². The summed E-state index contributed by atoms with van der Waals surface area (Å²) in [5.74, 6) is -0.150. The number of Topliss-reactive ketones (excluding diaryl/α,β-unsaturated/α-hetero) is 1. The molecule has 3 heteroatoms. The summed E-state index contributed by atoms with van der Waals surface area (Å²) in [6.45, 7) is 3.67. The molecule has 20 heavy (non-hydrogen) atoms. The van der Waals surface area contributed by atoms with Crippen molar-refractivity contribution in [3.8, 4) is 0 Å². The molecule has 1 aromatic rings. The summed E-state index contributed by atoms with van der Waals surface area (Å²) >= 11 is 0. The minimum atomic E-state index is -0.274. The molecule has 1 atom stereocenters. The molecule has 1 saturated heterocycles. The zero-order valence-electron chi connectivity index (χ0n) is 12.3. The second-order valence-corrected chi connectivity index (χ2v) is 5.72. The Kier molecular flexibility index (Phi) is 5.72. The Morgan fingerprint density at radius 1 is 1.35 bits per heavy atom. The average molecular weight is 277 g/mol. The number of hydrogen-bond donors (Lipinski definition) is 0. The molecule has 1 unspecified atom stereocenters. The van der Waals surface area contributed by atoms with Crippen LogP contribution in [0.5, 0.6) is 0 Å². The first-order valence-corrected chi connectivity index (χ1v) is 7.70. The lowest BCUT2D eigenvalue weighted by Gasteiger charge is -2.35. The van der Waals surface area contributed by atoms with Crippen molar-refractivity contribution in [1.82, 2.24) is 4.90 Å². The summed E-state index contributed by atoms with van der Waals surface area (Å²) in [6.07, 6.45) is 6.16. The Bertz CT molecular complexity index is 444. The van der Waals surface area contributed by atoms with Crippen LogP contribution in [-0.4, -0.2) is 29.8 Å². The Balaban J connectivity index is 1.91. The average Bonchev–Trinajstić information content (AvgIpc) is 2.44. The molecular formula is C17H24FNO. The van der Waals surface area contributed by atoms with Gasteiger partial charge in [0.2, 0.25) is 0 Å². The van der Waals surface area contributed by atoms with Crippen molar-refractivity contribution < 1.29 is 9.18 Å². The second kappa shape index (κ2) is 7.53. The smallest absolute Gasteiger partial charge is 0.151 e. The number of rotatable bonds is 6. The molecule has 1 aliphatic heterocycles. The van der Waals surface area contributed by atoms with Gasteiger partial charge in [0.15, 0.2) is 5.78 Å². The molecule has 0 aromatic heterocycles. The van der Waals surface area contributed by atoms with Crippen LogP contribution in [-0.2, 0) is 11.2 Å². The van der Waals surface area contributed by atoms with Gasteiger partial charge in [0.25, 0.3) is 0 Å². The largest absolute Gasteiger partial charge is 0.298 e. The maximum atomic E-state index is 13.6. The molecule has 1 heterocycles. The number of halogens is 1.